The Hall–Kier alpha value is -4.42. The number of carbonyl (C=O) groups is 3. The molecule has 5 rings (SSSR count). The van der Waals surface area contributed by atoms with Gasteiger partial charge in [0.25, 0.3) is 5.91 Å². The molecular formula is C27H26N4O8. The molecular weight excluding hydrogens is 508 g/mol. The Labute approximate surface area is 222 Å². The van der Waals surface area contributed by atoms with E-state index < -0.39 is 58.0 Å². The highest BCUT2D eigenvalue weighted by Crippen LogP contribution is 2.54. The van der Waals surface area contributed by atoms with Crippen molar-refractivity contribution in [2.24, 2.45) is 22.7 Å². The maximum absolute atomic E-state index is 13.9. The number of phenols is 1. The molecule has 1 unspecified atom stereocenters. The number of allylic oxidation sites excluding steroid dienone is 1. The summed E-state index contributed by atoms with van der Waals surface area (Å²) in [6.45, 7) is 0. The van der Waals surface area contributed by atoms with Gasteiger partial charge in [0.15, 0.2) is 17.2 Å². The van der Waals surface area contributed by atoms with E-state index >= 15 is 0 Å². The fraction of sp³-hybridized carbons (Fsp3) is 0.333. The molecule has 39 heavy (non-hydrogen) atoms. The van der Waals surface area contributed by atoms with Crippen LogP contribution in [0.4, 0.5) is 0 Å². The van der Waals surface area contributed by atoms with E-state index in [2.05, 4.69) is 10.2 Å². The zero-order valence-corrected chi connectivity index (χ0v) is 21.3. The number of aromatic nitrogens is 1. The third-order valence-corrected chi connectivity index (χ3v) is 7.96. The van der Waals surface area contributed by atoms with E-state index in [9.17, 15) is 34.6 Å². The average molecular weight is 535 g/mol. The highest BCUT2D eigenvalue weighted by molar-refractivity contribution is 6.22. The lowest BCUT2D eigenvalue weighted by atomic mass is 9.58. The fourth-order valence-corrected chi connectivity index (χ4v) is 6.31. The number of nitrogens with zero attached hydrogens (tertiary/aromatic N) is 3. The molecule has 202 valence electrons. The summed E-state index contributed by atoms with van der Waals surface area (Å²) in [7, 11) is 4.58. The molecule has 0 aliphatic heterocycles. The zero-order valence-electron chi connectivity index (χ0n) is 21.3. The Balaban J connectivity index is 1.78. The largest absolute Gasteiger partial charge is 0.508 e. The van der Waals surface area contributed by atoms with Crippen molar-refractivity contribution >= 4 is 17.5 Å². The number of likely N-dealkylation sites (N-methyl/N-ethyl adjacent to an activating group) is 1. The standard InChI is InChI=1S/C27H26N4O8/c1-31(2)21-16-8-11-7-15-14(12-6-13(39-3)10-29-9-12)4-5-17(32)19(15)22(33)18(11)24(30-38)27(16,37)25(35)20(23(21)34)26(28)36/h4-6,9-11,16,21,32,35,37H,7-8H2,1-3H3,(H2,28,36)/t11-,16-,21?,27-/m0/s1. The molecule has 3 aliphatic carbocycles. The summed E-state index contributed by atoms with van der Waals surface area (Å²) in [5.41, 5.74) is 2.61. The Morgan fingerprint density at radius 1 is 1.23 bits per heavy atom. The number of nitroso groups, excluding NO2 is 1. The Kier molecular flexibility index (Phi) is 6.11. The SMILES string of the molecule is COc1cncc(-c2ccc(O)c3c2C[C@H]2C[C@H]4C(N(C)C)C(=O)C(C(N)=O)=C(O)[C@@]4(O)C(N=O)=C2C3=O)c1. The molecule has 12 nitrogen and oxygen atoms in total. The number of ether oxygens (including phenoxy) is 1. The zero-order chi connectivity index (χ0) is 28.4. The van der Waals surface area contributed by atoms with Crippen molar-refractivity contribution in [3.8, 4) is 22.6 Å². The lowest BCUT2D eigenvalue weighted by Crippen LogP contribution is -2.62. The van der Waals surface area contributed by atoms with Gasteiger partial charge >= 0.3 is 0 Å². The summed E-state index contributed by atoms with van der Waals surface area (Å²) in [6.07, 6.45) is 3.23. The molecule has 0 saturated carbocycles. The van der Waals surface area contributed by atoms with Crippen LogP contribution in [0.5, 0.6) is 11.5 Å². The van der Waals surface area contributed by atoms with Gasteiger partial charge < -0.3 is 25.8 Å². The van der Waals surface area contributed by atoms with E-state index in [0.717, 1.165) is 0 Å². The Bertz CT molecular complexity index is 1530. The number of nitrogens with two attached hydrogens (primary N) is 1. The number of fused-ring (bicyclic) bond motifs is 3. The topological polar surface area (TPSA) is 193 Å². The van der Waals surface area contributed by atoms with Crippen molar-refractivity contribution in [2.45, 2.75) is 24.5 Å². The molecule has 1 amide bonds. The van der Waals surface area contributed by atoms with Gasteiger partial charge in [-0.3, -0.25) is 24.3 Å². The molecule has 1 aromatic carbocycles. The number of aromatic hydroxyl groups is 1. The van der Waals surface area contributed by atoms with Crippen molar-refractivity contribution in [3.05, 3.63) is 69.2 Å². The maximum Gasteiger partial charge on any atom is 0.255 e. The van der Waals surface area contributed by atoms with Gasteiger partial charge in [-0.2, -0.15) is 0 Å². The first-order chi connectivity index (χ1) is 18.5. The summed E-state index contributed by atoms with van der Waals surface area (Å²) >= 11 is 0. The van der Waals surface area contributed by atoms with Crippen molar-refractivity contribution in [3.63, 3.8) is 0 Å². The van der Waals surface area contributed by atoms with E-state index in [4.69, 9.17) is 10.5 Å². The van der Waals surface area contributed by atoms with Crippen molar-refractivity contribution in [1.82, 2.24) is 9.88 Å². The van der Waals surface area contributed by atoms with Crippen LogP contribution in [0, 0.1) is 16.7 Å². The van der Waals surface area contributed by atoms with Crippen molar-refractivity contribution < 1.29 is 34.4 Å². The summed E-state index contributed by atoms with van der Waals surface area (Å²) in [6, 6.07) is 3.55. The molecule has 0 spiro atoms. The van der Waals surface area contributed by atoms with Gasteiger partial charge in [0.1, 0.15) is 28.5 Å². The predicted octanol–water partition coefficient (Wildman–Crippen LogP) is 1.40. The second-order valence-corrected chi connectivity index (χ2v) is 10.2. The third kappa shape index (κ3) is 3.59. The second kappa shape index (κ2) is 9.10. The summed E-state index contributed by atoms with van der Waals surface area (Å²) < 4.78 is 5.27. The summed E-state index contributed by atoms with van der Waals surface area (Å²) in [5, 5.41) is 36.6. The number of pyridine rings is 1. The van der Waals surface area contributed by atoms with Crippen LogP contribution < -0.4 is 10.5 Å². The van der Waals surface area contributed by atoms with E-state index in [-0.39, 0.29) is 29.7 Å². The Morgan fingerprint density at radius 2 is 1.95 bits per heavy atom. The molecule has 1 aromatic heterocycles. The monoisotopic (exact) mass is 534 g/mol. The van der Waals surface area contributed by atoms with E-state index in [1.165, 1.54) is 24.3 Å². The smallest absolute Gasteiger partial charge is 0.255 e. The number of amides is 1. The van der Waals surface area contributed by atoms with Crippen LogP contribution in [0.25, 0.3) is 11.1 Å². The van der Waals surface area contributed by atoms with E-state index in [1.54, 1.807) is 32.4 Å². The van der Waals surface area contributed by atoms with Gasteiger partial charge in [-0.25, -0.2) is 0 Å². The number of aliphatic hydroxyl groups is 2. The van der Waals surface area contributed by atoms with Crippen LogP contribution in [0.1, 0.15) is 22.3 Å². The molecule has 2 aromatic rings. The third-order valence-electron chi connectivity index (χ3n) is 7.96. The lowest BCUT2D eigenvalue weighted by molar-refractivity contribution is -0.134. The summed E-state index contributed by atoms with van der Waals surface area (Å²) in [4.78, 5) is 57.3. The van der Waals surface area contributed by atoms with Crippen LogP contribution in [0.15, 0.2) is 58.4 Å². The van der Waals surface area contributed by atoms with Gasteiger partial charge in [0, 0.05) is 23.3 Å². The number of Topliss-reactive ketones (excluding diaryl/α,β-unsaturated/α-hetero) is 2. The molecule has 0 radical (unpaired) electrons. The van der Waals surface area contributed by atoms with Crippen LogP contribution in [0.2, 0.25) is 0 Å². The number of aliphatic hydroxyl groups excluding tert-OH is 1. The molecule has 4 atom stereocenters. The van der Waals surface area contributed by atoms with Crippen molar-refractivity contribution in [1.29, 1.82) is 0 Å². The van der Waals surface area contributed by atoms with Crippen molar-refractivity contribution in [2.75, 3.05) is 21.2 Å². The normalized spacial score (nSPS) is 26.2. The van der Waals surface area contributed by atoms with Crippen LogP contribution in [0.3, 0.4) is 0 Å². The van der Waals surface area contributed by atoms with E-state index in [1.807, 2.05) is 0 Å². The number of benzene rings is 1. The maximum atomic E-state index is 13.9. The van der Waals surface area contributed by atoms with Crippen LogP contribution in [-0.2, 0) is 16.0 Å². The van der Waals surface area contributed by atoms with E-state index in [0.29, 0.717) is 22.4 Å². The Morgan fingerprint density at radius 3 is 2.56 bits per heavy atom. The number of carbonyl (C=O) groups excluding carboxylic acids is 3. The van der Waals surface area contributed by atoms with Gasteiger partial charge in [-0.05, 0) is 61.3 Å². The first kappa shape index (κ1) is 26.2. The number of rotatable bonds is 5. The van der Waals surface area contributed by atoms with Crippen LogP contribution >= 0.6 is 0 Å². The van der Waals surface area contributed by atoms with Gasteiger partial charge in [-0.15, -0.1) is 4.91 Å². The number of primary amides is 1. The molecule has 1 heterocycles. The first-order valence-electron chi connectivity index (χ1n) is 12.1. The molecule has 0 fully saturated rings. The minimum atomic E-state index is -2.63. The van der Waals surface area contributed by atoms with Gasteiger partial charge in [-0.1, -0.05) is 6.07 Å². The number of phenolic OH excluding ortho intramolecular Hbond substituents is 1. The molecule has 0 bridgehead atoms. The second-order valence-electron chi connectivity index (χ2n) is 10.2. The molecule has 3 aliphatic rings. The number of methoxy groups -OCH3 is 1. The number of hydrogen-bond donors (Lipinski definition) is 4. The minimum Gasteiger partial charge on any atom is -0.508 e. The van der Waals surface area contributed by atoms with Gasteiger partial charge in [0.05, 0.1) is 24.9 Å². The minimum absolute atomic E-state index is 0.0216. The highest BCUT2D eigenvalue weighted by Gasteiger charge is 2.62. The highest BCUT2D eigenvalue weighted by atomic mass is 16.5. The average Bonchev–Trinajstić information content (AvgIpc) is 2.88. The number of ketones is 2. The lowest BCUT2D eigenvalue weighted by Gasteiger charge is -2.50. The van der Waals surface area contributed by atoms with Gasteiger partial charge in [0.2, 0.25) is 0 Å². The number of hydrogen-bond acceptors (Lipinski definition) is 11. The molecule has 0 saturated heterocycles. The molecule has 12 heteroatoms. The predicted molar refractivity (Wildman–Crippen MR) is 137 cm³/mol. The molecule has 5 N–H and O–H groups in total. The quantitative estimate of drug-likeness (QED) is 0.322. The summed E-state index contributed by atoms with van der Waals surface area (Å²) in [5.74, 6) is -5.68. The van der Waals surface area contributed by atoms with Crippen LogP contribution in [-0.4, -0.2) is 75.5 Å². The fourth-order valence-electron chi connectivity index (χ4n) is 6.31. The first-order valence-corrected chi connectivity index (χ1v) is 12.1.